The van der Waals surface area contributed by atoms with Gasteiger partial charge in [-0.15, -0.1) is 11.8 Å². The number of phenolic OH excluding ortho intramolecular Hbond substituents is 2. The van der Waals surface area contributed by atoms with Crippen LogP contribution in [-0.4, -0.2) is 96.9 Å². The summed E-state index contributed by atoms with van der Waals surface area (Å²) >= 11 is 1.02. The molecule has 1 aliphatic heterocycles. The monoisotopic (exact) mass is 557 g/mol. The van der Waals surface area contributed by atoms with Crippen molar-refractivity contribution in [1.82, 2.24) is 5.32 Å². The number of aliphatic hydroxyl groups is 4. The zero-order valence-corrected chi connectivity index (χ0v) is 22.4. The molecular weight excluding hydrogens is 518 g/mol. The van der Waals surface area contributed by atoms with Crippen LogP contribution < -0.4 is 5.32 Å². The number of aliphatic hydroxyl groups excluding tert-OH is 4. The van der Waals surface area contributed by atoms with Crippen molar-refractivity contribution in [3.8, 4) is 11.5 Å². The van der Waals surface area contributed by atoms with Crippen LogP contribution in [0.2, 0.25) is 0 Å². The minimum atomic E-state index is -1.59. The van der Waals surface area contributed by atoms with Crippen molar-refractivity contribution in [1.29, 1.82) is 0 Å². The van der Waals surface area contributed by atoms with Crippen molar-refractivity contribution in [3.63, 3.8) is 0 Å². The van der Waals surface area contributed by atoms with Crippen LogP contribution in [0.4, 0.5) is 0 Å². The topological polar surface area (TPSA) is 186 Å². The van der Waals surface area contributed by atoms with Crippen LogP contribution in [0.5, 0.6) is 11.5 Å². The molecule has 1 aromatic rings. The molecule has 12 heteroatoms. The smallest absolute Gasteiger partial charge is 0.338 e. The van der Waals surface area contributed by atoms with Gasteiger partial charge in [0.1, 0.15) is 48.0 Å². The lowest BCUT2D eigenvalue weighted by molar-refractivity contribution is -0.211. The Morgan fingerprint density at radius 1 is 1.11 bits per heavy atom. The highest BCUT2D eigenvalue weighted by atomic mass is 32.2. The molecule has 38 heavy (non-hydrogen) atoms. The molecule has 0 unspecified atom stereocenters. The lowest BCUT2D eigenvalue weighted by atomic mass is 9.91. The summed E-state index contributed by atoms with van der Waals surface area (Å²) < 4.78 is 11.0. The number of benzene rings is 1. The Balaban J connectivity index is 1.57. The van der Waals surface area contributed by atoms with Crippen LogP contribution in [0.3, 0.4) is 0 Å². The predicted molar refractivity (Wildman–Crippen MR) is 139 cm³/mol. The first-order chi connectivity index (χ1) is 18.0. The van der Waals surface area contributed by atoms with E-state index < -0.39 is 48.0 Å². The molecule has 0 radical (unpaired) electrons. The van der Waals surface area contributed by atoms with E-state index in [0.29, 0.717) is 5.92 Å². The fourth-order valence-corrected chi connectivity index (χ4v) is 6.12. The zero-order valence-electron chi connectivity index (χ0n) is 21.6. The number of aromatic hydroxyl groups is 2. The Morgan fingerprint density at radius 3 is 2.42 bits per heavy atom. The van der Waals surface area contributed by atoms with E-state index in [9.17, 15) is 40.2 Å². The van der Waals surface area contributed by atoms with E-state index in [0.717, 1.165) is 62.1 Å². The summed E-state index contributed by atoms with van der Waals surface area (Å²) in [4.78, 5) is 25.1. The number of carbonyl (C=O) groups is 2. The highest BCUT2D eigenvalue weighted by molar-refractivity contribution is 7.99. The van der Waals surface area contributed by atoms with Crippen molar-refractivity contribution >= 4 is 23.6 Å². The van der Waals surface area contributed by atoms with Gasteiger partial charge in [-0.1, -0.05) is 19.8 Å². The fourth-order valence-electron chi connectivity index (χ4n) is 5.15. The van der Waals surface area contributed by atoms with Crippen molar-refractivity contribution in [2.24, 2.45) is 11.8 Å². The molecule has 9 atom stereocenters. The summed E-state index contributed by atoms with van der Waals surface area (Å²) in [6, 6.07) is 2.34. The van der Waals surface area contributed by atoms with E-state index in [2.05, 4.69) is 12.2 Å². The number of hydrogen-bond acceptors (Lipinski definition) is 11. The van der Waals surface area contributed by atoms with E-state index in [1.807, 2.05) is 0 Å². The largest absolute Gasteiger partial charge is 0.508 e. The molecule has 0 aromatic heterocycles. The number of esters is 1. The number of amides is 1. The van der Waals surface area contributed by atoms with E-state index in [1.54, 1.807) is 0 Å². The number of ether oxygens (including phenoxy) is 2. The molecule has 11 nitrogen and oxygen atoms in total. The Bertz CT molecular complexity index is 926. The van der Waals surface area contributed by atoms with Crippen LogP contribution in [0.1, 0.15) is 56.3 Å². The van der Waals surface area contributed by atoms with E-state index in [1.165, 1.54) is 6.92 Å². The maximum absolute atomic E-state index is 13.0. The highest BCUT2D eigenvalue weighted by Gasteiger charge is 2.48. The third-order valence-corrected chi connectivity index (χ3v) is 8.26. The SMILES string of the molecule is CCC[C@H]1CC[C@H](C(=O)N[C@@H]([C@H]2O[C@H](SCCOC(=O)c3cc(O)cc(O)c3)[C@H](O)[C@@H](O)[C@H]2O)[C@@H](C)O)C1. The first-order valence-corrected chi connectivity index (χ1v) is 14.1. The Morgan fingerprint density at radius 2 is 1.79 bits per heavy atom. The average Bonchev–Trinajstić information content (AvgIpc) is 3.33. The van der Waals surface area contributed by atoms with Crippen LogP contribution in [-0.2, 0) is 14.3 Å². The van der Waals surface area contributed by atoms with Crippen LogP contribution in [0, 0.1) is 11.8 Å². The molecular formula is C26H39NO10S. The van der Waals surface area contributed by atoms with Gasteiger partial charge in [-0.2, -0.15) is 0 Å². The van der Waals surface area contributed by atoms with Crippen molar-refractivity contribution < 1.29 is 49.7 Å². The number of rotatable bonds is 11. The second kappa shape index (κ2) is 13.8. The molecule has 0 bridgehead atoms. The summed E-state index contributed by atoms with van der Waals surface area (Å²) in [5.74, 6) is -1.17. The summed E-state index contributed by atoms with van der Waals surface area (Å²) in [5.41, 5.74) is -1.08. The van der Waals surface area contributed by atoms with Gasteiger partial charge in [-0.05, 0) is 44.2 Å². The van der Waals surface area contributed by atoms with Gasteiger partial charge in [-0.25, -0.2) is 4.79 Å². The maximum Gasteiger partial charge on any atom is 0.338 e. The maximum atomic E-state index is 13.0. The average molecular weight is 558 g/mol. The number of nitrogens with one attached hydrogen (secondary N) is 1. The zero-order chi connectivity index (χ0) is 28.0. The summed E-state index contributed by atoms with van der Waals surface area (Å²) in [5, 5.41) is 63.8. The molecule has 1 aliphatic carbocycles. The molecule has 0 spiro atoms. The lowest BCUT2D eigenvalue weighted by Gasteiger charge is -2.44. The van der Waals surface area contributed by atoms with Crippen LogP contribution >= 0.6 is 11.8 Å². The minimum Gasteiger partial charge on any atom is -0.508 e. The molecule has 1 saturated heterocycles. The molecule has 1 amide bonds. The molecule has 2 aliphatic rings. The van der Waals surface area contributed by atoms with Gasteiger partial charge in [0.2, 0.25) is 5.91 Å². The fraction of sp³-hybridized carbons (Fsp3) is 0.692. The number of carbonyl (C=O) groups excluding carboxylic acids is 2. The van der Waals surface area contributed by atoms with Crippen molar-refractivity contribution in [3.05, 3.63) is 23.8 Å². The number of thioether (sulfide) groups is 1. The normalized spacial score (nSPS) is 30.9. The molecule has 1 heterocycles. The third kappa shape index (κ3) is 7.73. The van der Waals surface area contributed by atoms with E-state index >= 15 is 0 Å². The highest BCUT2D eigenvalue weighted by Crippen LogP contribution is 2.35. The standard InChI is InChI=1S/C26H39NO10S/c1-3-4-14-5-6-15(9-14)24(34)27-19(13(2)28)23-21(32)20(31)22(33)26(37-23)38-8-7-36-25(35)16-10-17(29)12-18(30)11-16/h10-15,19-23,26,28-33H,3-9H2,1-2H3,(H,27,34)/t13-,14+,15+,19-,20+,21-,22-,23-,26-/m1/s1. The van der Waals surface area contributed by atoms with Crippen molar-refractivity contribution in [2.75, 3.05) is 12.4 Å². The second-order valence-corrected chi connectivity index (χ2v) is 11.3. The van der Waals surface area contributed by atoms with Crippen molar-refractivity contribution in [2.45, 2.75) is 87.9 Å². The number of hydrogen-bond donors (Lipinski definition) is 7. The molecule has 7 N–H and O–H groups in total. The Kier molecular flexibility index (Phi) is 11.1. The first-order valence-electron chi connectivity index (χ1n) is 13.0. The Labute approximate surface area is 226 Å². The van der Waals surface area contributed by atoms with Crippen LogP contribution in [0.25, 0.3) is 0 Å². The lowest BCUT2D eigenvalue weighted by Crippen LogP contribution is -2.65. The second-order valence-electron chi connectivity index (χ2n) is 10.1. The summed E-state index contributed by atoms with van der Waals surface area (Å²) in [7, 11) is 0. The van der Waals surface area contributed by atoms with Gasteiger partial charge in [0.25, 0.3) is 0 Å². The predicted octanol–water partition coefficient (Wildman–Crippen LogP) is 0.877. The number of phenols is 2. The van der Waals surface area contributed by atoms with E-state index in [-0.39, 0.29) is 41.2 Å². The van der Waals surface area contributed by atoms with Gasteiger partial charge >= 0.3 is 5.97 Å². The molecule has 1 aromatic carbocycles. The van der Waals surface area contributed by atoms with Gasteiger partial charge in [0, 0.05) is 17.7 Å². The minimum absolute atomic E-state index is 0.0427. The first kappa shape index (κ1) is 30.5. The summed E-state index contributed by atoms with van der Waals surface area (Å²) in [6.45, 7) is 3.44. The van der Waals surface area contributed by atoms with Gasteiger partial charge in [-0.3, -0.25) is 4.79 Å². The van der Waals surface area contributed by atoms with Crippen LogP contribution in [0.15, 0.2) is 18.2 Å². The third-order valence-electron chi connectivity index (χ3n) is 7.13. The summed E-state index contributed by atoms with van der Waals surface area (Å²) in [6.07, 6.45) is -2.34. The quantitative estimate of drug-likeness (QED) is 0.151. The molecule has 214 valence electrons. The molecule has 2 fully saturated rings. The van der Waals surface area contributed by atoms with Gasteiger partial charge in [0.05, 0.1) is 17.7 Å². The van der Waals surface area contributed by atoms with Gasteiger partial charge < -0.3 is 45.4 Å². The Hall–Kier alpha value is -2.09. The molecule has 3 rings (SSSR count). The van der Waals surface area contributed by atoms with E-state index in [4.69, 9.17) is 9.47 Å². The van der Waals surface area contributed by atoms with Gasteiger partial charge in [0.15, 0.2) is 0 Å². The molecule has 1 saturated carbocycles.